The molecular formula is C21H38B2O5S2. The summed E-state index contributed by atoms with van der Waals surface area (Å²) in [5, 5.41) is 5.06. The Balaban J connectivity index is 2.87. The van der Waals surface area contributed by atoms with Gasteiger partial charge in [-0.25, -0.2) is 0 Å². The highest BCUT2D eigenvalue weighted by Gasteiger charge is 2.41. The van der Waals surface area contributed by atoms with E-state index in [-0.39, 0.29) is 47.4 Å². The van der Waals surface area contributed by atoms with E-state index in [9.17, 15) is 4.79 Å². The minimum atomic E-state index is -0.973. The van der Waals surface area contributed by atoms with Crippen LogP contribution in [-0.4, -0.2) is 70.1 Å². The second-order valence-electron chi connectivity index (χ2n) is 7.20. The first-order valence-corrected chi connectivity index (χ1v) is 12.4. The van der Waals surface area contributed by atoms with Gasteiger partial charge in [0.25, 0.3) is 0 Å². The number of methoxy groups -OCH3 is 1. The molecule has 1 N–H and O–H groups in total. The van der Waals surface area contributed by atoms with Crippen LogP contribution in [0, 0.1) is 11.8 Å². The average molecular weight is 464 g/mol. The molecule has 170 valence electrons. The minimum Gasteiger partial charge on any atom is -0.469 e. The number of unbranched alkanes of at least 4 members (excludes halogenated alkanes) is 1. The molecule has 0 unspecified atom stereocenters. The van der Waals surface area contributed by atoms with Crippen LogP contribution in [0.2, 0.25) is 0 Å². The molecule has 1 saturated carbocycles. The lowest BCUT2D eigenvalue weighted by Crippen LogP contribution is -2.21. The van der Waals surface area contributed by atoms with Gasteiger partial charge in [0.1, 0.15) is 15.5 Å². The van der Waals surface area contributed by atoms with E-state index < -0.39 is 15.5 Å². The zero-order valence-corrected chi connectivity index (χ0v) is 19.7. The number of aliphatic hydroxyl groups is 1. The van der Waals surface area contributed by atoms with Gasteiger partial charge >= 0.3 is 5.97 Å². The van der Waals surface area contributed by atoms with Crippen molar-refractivity contribution in [1.82, 2.24) is 0 Å². The van der Waals surface area contributed by atoms with Crippen molar-refractivity contribution in [2.24, 2.45) is 11.8 Å². The maximum atomic E-state index is 11.3. The number of ether oxygens (including phenoxy) is 1. The molecular weight excluding hydrogens is 418 g/mol. The molecule has 30 heavy (non-hydrogen) atoms. The van der Waals surface area contributed by atoms with Gasteiger partial charge in [-0.3, -0.25) is 4.79 Å². The number of allylic oxidation sites excluding steroid dienone is 2. The zero-order chi connectivity index (χ0) is 26.1. The molecule has 0 amide bonds. The molecule has 5 atom stereocenters. The van der Waals surface area contributed by atoms with Crippen LogP contribution in [0.4, 0.5) is 0 Å². The first kappa shape index (κ1) is 20.3. The van der Waals surface area contributed by atoms with E-state index in [0.717, 1.165) is 43.3 Å². The van der Waals surface area contributed by atoms with Gasteiger partial charge in [-0.1, -0.05) is 37.6 Å². The number of carbonyl (C=O) groups is 1. The maximum absolute atomic E-state index is 11.3. The monoisotopic (exact) mass is 464 g/mol. The first-order valence-electron chi connectivity index (χ1n) is 13.3. The quantitative estimate of drug-likeness (QED) is 0.104. The van der Waals surface area contributed by atoms with E-state index >= 15 is 0 Å². The van der Waals surface area contributed by atoms with Gasteiger partial charge < -0.3 is 18.2 Å². The van der Waals surface area contributed by atoms with Crippen molar-refractivity contribution in [3.8, 4) is 0 Å². The van der Waals surface area contributed by atoms with Gasteiger partial charge in [0, 0.05) is 18.8 Å². The number of rotatable bonds is 19. The Morgan fingerprint density at radius 1 is 1.43 bits per heavy atom. The molecule has 0 aromatic carbocycles. The SMILES string of the molecule is [2H]B([3H])CSO[C@H](/C=C/[C@@H]1[C@@H](C/C=C/CCCC(=O)OC)[C@@H](O[3H])C[C@H]1OSCB([2H])[3H])CCC. The molecule has 1 aliphatic carbocycles. The lowest BCUT2D eigenvalue weighted by molar-refractivity contribution is -0.140. The molecule has 0 radical (unpaired) electrons. The van der Waals surface area contributed by atoms with Crippen LogP contribution in [0.3, 0.4) is 0 Å². The molecule has 0 bridgehead atoms. The summed E-state index contributed by atoms with van der Waals surface area (Å²) in [6, 6.07) is 0. The lowest BCUT2D eigenvalue weighted by atomic mass is 9.89. The number of carbonyl (C=O) groups excluding carboxylic acids is 1. The fraction of sp³-hybridized carbons (Fsp3) is 0.762. The summed E-state index contributed by atoms with van der Waals surface area (Å²) in [6.07, 6.45) is 12.3. The Hall–Kier alpha value is -0.340. The summed E-state index contributed by atoms with van der Waals surface area (Å²) in [6.45, 7) is 2.07. The molecule has 5 nitrogen and oxygen atoms in total. The highest BCUT2D eigenvalue weighted by atomic mass is 32.2. The summed E-state index contributed by atoms with van der Waals surface area (Å²) >= 11 is 2.25. The Morgan fingerprint density at radius 2 is 2.27 bits per heavy atom. The lowest BCUT2D eigenvalue weighted by Gasteiger charge is -2.22. The van der Waals surface area contributed by atoms with Crippen molar-refractivity contribution < 1.29 is 23.0 Å². The second-order valence-corrected chi connectivity index (χ2v) is 8.73. The molecule has 0 heterocycles. The van der Waals surface area contributed by atoms with Crippen molar-refractivity contribution in [3.63, 3.8) is 0 Å². The van der Waals surface area contributed by atoms with Crippen LogP contribution in [0.1, 0.15) is 51.9 Å². The van der Waals surface area contributed by atoms with Crippen LogP contribution in [0.25, 0.3) is 0 Å². The predicted molar refractivity (Wildman–Crippen MR) is 133 cm³/mol. The van der Waals surface area contributed by atoms with E-state index in [0.29, 0.717) is 25.7 Å². The van der Waals surface area contributed by atoms with E-state index in [1.807, 2.05) is 12.2 Å². The molecule has 0 aromatic heterocycles. The Kier molecular flexibility index (Phi) is 11.7. The molecule has 0 aliphatic heterocycles. The van der Waals surface area contributed by atoms with Crippen LogP contribution >= 0.6 is 24.1 Å². The Bertz CT molecular complexity index is 637. The van der Waals surface area contributed by atoms with Gasteiger partial charge in [0.15, 0.2) is 0 Å². The molecule has 1 aliphatic rings. The standard InChI is InChI=1S/C21H38B2O5S2/c1-3-8-16(27-29-14-22)11-12-18-17(19(24)13-20(18)28-30-15-23)9-6-4-5-7-10-21(25)26-2/h4,6,11-12,16-20,24H,3,5,7-10,13-15,22-23H2,1-2H3/b6-4+,12-11+/t16-,17+,18+,19-,20+/m0/s1/i22TD,23TD,24T. The summed E-state index contributed by atoms with van der Waals surface area (Å²) in [7, 11) is -0.527. The Morgan fingerprint density at radius 3 is 3.00 bits per heavy atom. The summed E-state index contributed by atoms with van der Waals surface area (Å²) in [4.78, 5) is 11.3. The highest BCUT2D eigenvalue weighted by Crippen LogP contribution is 2.39. The second kappa shape index (κ2) is 17.2. The van der Waals surface area contributed by atoms with Crippen LogP contribution in [-0.2, 0) is 17.9 Å². The zero-order valence-electron chi connectivity index (χ0n) is 23.1. The molecule has 1 fully saturated rings. The highest BCUT2D eigenvalue weighted by molar-refractivity contribution is 7.95. The number of esters is 1. The van der Waals surface area contributed by atoms with Crippen molar-refractivity contribution in [1.29, 1.82) is 6.77 Å². The van der Waals surface area contributed by atoms with Crippen molar-refractivity contribution >= 4 is 45.6 Å². The fourth-order valence-electron chi connectivity index (χ4n) is 3.57. The summed E-state index contributed by atoms with van der Waals surface area (Å²) in [5.41, 5.74) is 0.517. The van der Waals surface area contributed by atoms with E-state index in [1.165, 1.54) is 7.11 Å². The first-order chi connectivity index (χ1) is 16.8. The van der Waals surface area contributed by atoms with Gasteiger partial charge in [-0.2, -0.15) is 0 Å². The van der Waals surface area contributed by atoms with E-state index in [2.05, 4.69) is 23.8 Å². The van der Waals surface area contributed by atoms with Crippen molar-refractivity contribution in [2.75, 3.05) is 18.4 Å². The molecule has 1 rings (SSSR count). The van der Waals surface area contributed by atoms with Crippen LogP contribution < -0.4 is 0 Å². The van der Waals surface area contributed by atoms with Gasteiger partial charge in [0.05, 0.1) is 25.4 Å². The van der Waals surface area contributed by atoms with Gasteiger partial charge in [-0.15, -0.1) is 0 Å². The third kappa shape index (κ3) is 10.8. The predicted octanol–water partition coefficient (Wildman–Crippen LogP) is 2.88. The van der Waals surface area contributed by atoms with Gasteiger partial charge in [-0.05, 0) is 72.3 Å². The van der Waals surface area contributed by atoms with Gasteiger partial charge in [0.2, 0.25) is 1.43 Å². The molecule has 0 spiro atoms. The summed E-state index contributed by atoms with van der Waals surface area (Å²) in [5.74, 6) is -0.250. The number of hydrogen-bond acceptors (Lipinski definition) is 7. The molecule has 9 heteroatoms. The topological polar surface area (TPSA) is 65.0 Å². The maximum Gasteiger partial charge on any atom is 0.305 e. The van der Waals surface area contributed by atoms with Crippen molar-refractivity contribution in [2.45, 2.75) is 70.2 Å². The van der Waals surface area contributed by atoms with Crippen LogP contribution in [0.5, 0.6) is 0 Å². The normalized spacial score (nSPS) is 27.3. The largest absolute Gasteiger partial charge is 0.469 e. The molecule has 0 saturated heterocycles. The minimum absolute atomic E-state index is 0.00907. The Labute approximate surface area is 200 Å². The van der Waals surface area contributed by atoms with Crippen molar-refractivity contribution in [3.05, 3.63) is 24.3 Å². The fourth-order valence-corrected chi connectivity index (χ4v) is 4.44. The van der Waals surface area contributed by atoms with E-state index in [4.69, 9.17) is 20.2 Å². The average Bonchev–Trinajstić information content (AvgIpc) is 3.15. The van der Waals surface area contributed by atoms with E-state index in [1.54, 1.807) is 0 Å². The number of aliphatic hydroxyl groups excluding tert-OH is 1. The third-order valence-corrected chi connectivity index (χ3v) is 6.10. The van der Waals surface area contributed by atoms with Crippen LogP contribution in [0.15, 0.2) is 24.3 Å². The number of hydrogen-bond donors (Lipinski definition) is 1. The summed E-state index contributed by atoms with van der Waals surface area (Å²) < 4.78 is 53.5. The molecule has 0 aromatic rings. The smallest absolute Gasteiger partial charge is 0.305 e. The third-order valence-electron chi connectivity index (χ3n) is 5.06.